The van der Waals surface area contributed by atoms with E-state index in [1.807, 2.05) is 63.2 Å². The third kappa shape index (κ3) is 5.90. The van der Waals surface area contributed by atoms with Crippen molar-refractivity contribution in [3.63, 3.8) is 0 Å². The smallest absolute Gasteiger partial charge is 0.223 e. The quantitative estimate of drug-likeness (QED) is 0.646. The molecular weight excluding hydrogens is 424 g/mol. The number of amides is 1. The number of sulfonamides is 1. The Morgan fingerprint density at radius 3 is 2.47 bits per heavy atom. The van der Waals surface area contributed by atoms with Crippen LogP contribution >= 0.6 is 0 Å². The summed E-state index contributed by atoms with van der Waals surface area (Å²) in [4.78, 5) is 12.9. The van der Waals surface area contributed by atoms with Crippen LogP contribution in [0.5, 0.6) is 5.75 Å². The molecule has 0 aromatic heterocycles. The summed E-state index contributed by atoms with van der Waals surface area (Å²) in [5.74, 6) is 0.657. The van der Waals surface area contributed by atoms with Gasteiger partial charge in [-0.1, -0.05) is 48.9 Å². The first-order chi connectivity index (χ1) is 15.2. The minimum Gasteiger partial charge on any atom is -0.496 e. The van der Waals surface area contributed by atoms with Crippen molar-refractivity contribution in [2.75, 3.05) is 20.2 Å². The molecule has 1 heterocycles. The van der Waals surface area contributed by atoms with Gasteiger partial charge in [0.2, 0.25) is 15.9 Å². The molecule has 1 saturated heterocycles. The summed E-state index contributed by atoms with van der Waals surface area (Å²) in [7, 11) is -1.75. The first-order valence-electron chi connectivity index (χ1n) is 11.2. The molecule has 2 aromatic carbocycles. The first kappa shape index (κ1) is 24.3. The molecule has 1 fully saturated rings. The molecule has 1 atom stereocenters. The number of hydrogen-bond donors (Lipinski definition) is 1. The molecule has 1 N–H and O–H groups in total. The van der Waals surface area contributed by atoms with Gasteiger partial charge in [0.1, 0.15) is 5.75 Å². The highest BCUT2D eigenvalue weighted by Crippen LogP contribution is 2.26. The van der Waals surface area contributed by atoms with E-state index in [1.165, 1.54) is 4.31 Å². The van der Waals surface area contributed by atoms with E-state index < -0.39 is 10.0 Å². The van der Waals surface area contributed by atoms with Gasteiger partial charge in [-0.25, -0.2) is 12.7 Å². The Labute approximate surface area is 192 Å². The largest absolute Gasteiger partial charge is 0.496 e. The number of piperidine rings is 1. The number of carbonyl (C=O) groups is 1. The number of methoxy groups -OCH3 is 1. The Hall–Kier alpha value is -2.38. The average molecular weight is 459 g/mol. The molecule has 2 aromatic rings. The van der Waals surface area contributed by atoms with Crippen LogP contribution in [0.4, 0.5) is 0 Å². The summed E-state index contributed by atoms with van der Waals surface area (Å²) in [6.45, 7) is 6.75. The summed E-state index contributed by atoms with van der Waals surface area (Å²) < 4.78 is 32.6. The van der Waals surface area contributed by atoms with Gasteiger partial charge in [-0.3, -0.25) is 4.79 Å². The van der Waals surface area contributed by atoms with Crippen molar-refractivity contribution in [3.05, 3.63) is 64.7 Å². The second kappa shape index (κ2) is 10.5. The molecular formula is C25H34N2O4S. The fourth-order valence-electron chi connectivity index (χ4n) is 4.33. The first-order valence-corrected chi connectivity index (χ1v) is 12.8. The van der Waals surface area contributed by atoms with Crippen molar-refractivity contribution in [3.8, 4) is 5.75 Å². The molecule has 1 aliphatic heterocycles. The van der Waals surface area contributed by atoms with E-state index in [2.05, 4.69) is 5.32 Å². The van der Waals surface area contributed by atoms with Gasteiger partial charge in [-0.15, -0.1) is 0 Å². The van der Waals surface area contributed by atoms with E-state index in [1.54, 1.807) is 7.11 Å². The molecule has 0 bridgehead atoms. The van der Waals surface area contributed by atoms with Crippen molar-refractivity contribution in [1.82, 2.24) is 9.62 Å². The third-order valence-corrected chi connectivity index (χ3v) is 8.05. The van der Waals surface area contributed by atoms with Crippen LogP contribution in [-0.4, -0.2) is 38.8 Å². The molecule has 1 aliphatic rings. The van der Waals surface area contributed by atoms with Gasteiger partial charge in [-0.05, 0) is 55.9 Å². The number of hydrogen-bond acceptors (Lipinski definition) is 4. The molecule has 0 unspecified atom stereocenters. The summed E-state index contributed by atoms with van der Waals surface area (Å²) in [5.41, 5.74) is 3.93. The summed E-state index contributed by atoms with van der Waals surface area (Å²) in [5, 5.41) is 3.17. The van der Waals surface area contributed by atoms with Crippen LogP contribution in [0.3, 0.4) is 0 Å². The molecule has 0 radical (unpaired) electrons. The van der Waals surface area contributed by atoms with Gasteiger partial charge in [0, 0.05) is 19.0 Å². The van der Waals surface area contributed by atoms with E-state index in [9.17, 15) is 13.2 Å². The second-order valence-electron chi connectivity index (χ2n) is 8.62. The van der Waals surface area contributed by atoms with Crippen LogP contribution in [0.2, 0.25) is 0 Å². The fourth-order valence-corrected chi connectivity index (χ4v) is 5.88. The SMILES string of the molecule is CC[C@@H](NC(=O)C1CCN(S(=O)(=O)Cc2cccc(C)c2)CC1)c1ccc(OC)c(C)c1. The standard InChI is InChI=1S/C25H34N2O4S/c1-5-23(22-9-10-24(31-4)19(3)16-22)26-25(28)21-11-13-27(14-12-21)32(29,30)17-20-8-6-7-18(2)15-20/h6-10,15-16,21,23H,5,11-14,17H2,1-4H3,(H,26,28)/t23-/m1/s1. The van der Waals surface area contributed by atoms with Crippen molar-refractivity contribution in [2.45, 2.75) is 51.8 Å². The summed E-state index contributed by atoms with van der Waals surface area (Å²) >= 11 is 0. The molecule has 0 spiro atoms. The highest BCUT2D eigenvalue weighted by atomic mass is 32.2. The lowest BCUT2D eigenvalue weighted by molar-refractivity contribution is -0.126. The van der Waals surface area contributed by atoms with Crippen molar-refractivity contribution in [1.29, 1.82) is 0 Å². The number of rotatable bonds is 8. The predicted molar refractivity (Wildman–Crippen MR) is 127 cm³/mol. The van der Waals surface area contributed by atoms with Crippen LogP contribution in [0.25, 0.3) is 0 Å². The maximum absolute atomic E-state index is 12.9. The molecule has 1 amide bonds. The van der Waals surface area contributed by atoms with Crippen LogP contribution in [0.1, 0.15) is 54.5 Å². The number of nitrogens with one attached hydrogen (secondary N) is 1. The maximum Gasteiger partial charge on any atom is 0.223 e. The zero-order valence-electron chi connectivity index (χ0n) is 19.4. The van der Waals surface area contributed by atoms with E-state index in [0.717, 1.165) is 34.4 Å². The normalized spacial score (nSPS) is 16.5. The Balaban J connectivity index is 1.58. The van der Waals surface area contributed by atoms with Crippen LogP contribution < -0.4 is 10.1 Å². The van der Waals surface area contributed by atoms with E-state index in [-0.39, 0.29) is 23.6 Å². The van der Waals surface area contributed by atoms with Gasteiger partial charge in [-0.2, -0.15) is 0 Å². The van der Waals surface area contributed by atoms with Gasteiger partial charge >= 0.3 is 0 Å². The van der Waals surface area contributed by atoms with Gasteiger partial charge in [0.15, 0.2) is 0 Å². The average Bonchev–Trinajstić information content (AvgIpc) is 2.77. The van der Waals surface area contributed by atoms with E-state index >= 15 is 0 Å². The molecule has 0 aliphatic carbocycles. The highest BCUT2D eigenvalue weighted by molar-refractivity contribution is 7.88. The molecule has 3 rings (SSSR count). The molecule has 174 valence electrons. The second-order valence-corrected chi connectivity index (χ2v) is 10.6. The maximum atomic E-state index is 12.9. The minimum atomic E-state index is -3.39. The lowest BCUT2D eigenvalue weighted by Gasteiger charge is -2.31. The number of aryl methyl sites for hydroxylation is 2. The number of nitrogens with zero attached hydrogens (tertiary/aromatic N) is 1. The fraction of sp³-hybridized carbons (Fsp3) is 0.480. The summed E-state index contributed by atoms with van der Waals surface area (Å²) in [6, 6.07) is 13.5. The van der Waals surface area contributed by atoms with E-state index in [0.29, 0.717) is 25.9 Å². The molecule has 0 saturated carbocycles. The van der Waals surface area contributed by atoms with Crippen molar-refractivity contribution < 1.29 is 17.9 Å². The van der Waals surface area contributed by atoms with Crippen molar-refractivity contribution in [2.24, 2.45) is 5.92 Å². The Morgan fingerprint density at radius 1 is 1.16 bits per heavy atom. The lowest BCUT2D eigenvalue weighted by Crippen LogP contribution is -2.44. The predicted octanol–water partition coefficient (Wildman–Crippen LogP) is 4.12. The van der Waals surface area contributed by atoms with Gasteiger partial charge < -0.3 is 10.1 Å². The van der Waals surface area contributed by atoms with Crippen LogP contribution in [-0.2, 0) is 20.6 Å². The summed E-state index contributed by atoms with van der Waals surface area (Å²) in [6.07, 6.45) is 1.86. The van der Waals surface area contributed by atoms with Crippen LogP contribution in [0, 0.1) is 19.8 Å². The lowest BCUT2D eigenvalue weighted by atomic mass is 9.95. The number of benzene rings is 2. The topological polar surface area (TPSA) is 75.7 Å². The molecule has 6 nitrogen and oxygen atoms in total. The van der Waals surface area contributed by atoms with Gasteiger partial charge in [0.05, 0.1) is 18.9 Å². The third-order valence-electron chi connectivity index (χ3n) is 6.20. The Kier molecular flexibility index (Phi) is 7.96. The number of ether oxygens (including phenoxy) is 1. The monoisotopic (exact) mass is 458 g/mol. The van der Waals surface area contributed by atoms with Gasteiger partial charge in [0.25, 0.3) is 0 Å². The zero-order valence-corrected chi connectivity index (χ0v) is 20.2. The Morgan fingerprint density at radius 2 is 1.88 bits per heavy atom. The zero-order chi connectivity index (χ0) is 23.3. The van der Waals surface area contributed by atoms with Crippen LogP contribution in [0.15, 0.2) is 42.5 Å². The minimum absolute atomic E-state index is 0.000270. The van der Waals surface area contributed by atoms with E-state index in [4.69, 9.17) is 4.74 Å². The molecule has 32 heavy (non-hydrogen) atoms. The number of carbonyl (C=O) groups excluding carboxylic acids is 1. The Bertz CT molecular complexity index is 1040. The highest BCUT2D eigenvalue weighted by Gasteiger charge is 2.32. The van der Waals surface area contributed by atoms with Crippen molar-refractivity contribution >= 4 is 15.9 Å². The molecule has 7 heteroatoms.